The van der Waals surface area contributed by atoms with Crippen molar-refractivity contribution in [2.75, 3.05) is 0 Å². The van der Waals surface area contributed by atoms with Gasteiger partial charge in [-0.2, -0.15) is 0 Å². The Labute approximate surface area is 64.3 Å². The summed E-state index contributed by atoms with van der Waals surface area (Å²) in [5.74, 6) is 0. The summed E-state index contributed by atoms with van der Waals surface area (Å²) in [6.45, 7) is 0. The van der Waals surface area contributed by atoms with Crippen molar-refractivity contribution in [1.29, 1.82) is 0 Å². The summed E-state index contributed by atoms with van der Waals surface area (Å²) in [6.07, 6.45) is 0. The Balaban J connectivity index is -0.0000000800. The summed E-state index contributed by atoms with van der Waals surface area (Å²) in [6, 6.07) is 0. The van der Waals surface area contributed by atoms with E-state index >= 15 is 0 Å². The first-order valence-electron chi connectivity index (χ1n) is 0.816. The average Bonchev–Trinajstić information content (AvgIpc) is 0.722. The van der Waals surface area contributed by atoms with Crippen LogP contribution in [0.25, 0.3) is 0 Å². The van der Waals surface area contributed by atoms with E-state index in [1.807, 2.05) is 0 Å². The van der Waals surface area contributed by atoms with Gasteiger partial charge in [-0.25, -0.2) is 0 Å². The molecule has 38 valence electrons. The number of hydrogen-bond donors (Lipinski definition) is 0. The molecule has 0 rings (SSSR count). The molecule has 0 N–H and O–H groups in total. The molecule has 0 atom stereocenters. The fraction of sp³-hybridized carbons (Fsp3) is 0. The molecule has 0 fully saturated rings. The van der Waals surface area contributed by atoms with Gasteiger partial charge in [0.1, 0.15) is 0 Å². The molecular formula is FeLiO4Si-. The van der Waals surface area contributed by atoms with Crippen molar-refractivity contribution in [1.82, 2.24) is 0 Å². The molecule has 7 heteroatoms. The molecule has 0 saturated heterocycles. The van der Waals surface area contributed by atoms with Crippen LogP contribution >= 0.6 is 0 Å². The van der Waals surface area contributed by atoms with Crippen LogP contribution in [0, 0.1) is 0 Å². The zero-order valence-corrected chi connectivity index (χ0v) is 5.59. The maximum Gasteiger partial charge on any atom is 2.00 e. The average molecular weight is 155 g/mol. The SMILES string of the molecule is [Fe+2].[Li+].[O-][Si]([O-])([O-])[O-]. The van der Waals surface area contributed by atoms with Gasteiger partial charge in [0.05, 0.1) is 0 Å². The Morgan fingerprint density at radius 3 is 0.857 bits per heavy atom. The van der Waals surface area contributed by atoms with E-state index in [1.54, 1.807) is 0 Å². The van der Waals surface area contributed by atoms with Gasteiger partial charge in [-0.3, -0.25) is 0 Å². The van der Waals surface area contributed by atoms with Crippen LogP contribution in [0.4, 0.5) is 0 Å². The molecule has 0 radical (unpaired) electrons. The van der Waals surface area contributed by atoms with Crippen LogP contribution in [0.5, 0.6) is 0 Å². The molecule has 0 aromatic carbocycles. The quantitative estimate of drug-likeness (QED) is 0.324. The first-order chi connectivity index (χ1) is 2.00. The molecule has 0 spiro atoms. The van der Waals surface area contributed by atoms with Gasteiger partial charge in [0.15, 0.2) is 0 Å². The maximum atomic E-state index is 8.58. The van der Waals surface area contributed by atoms with Gasteiger partial charge in [0.2, 0.25) is 0 Å². The molecule has 0 heterocycles. The van der Waals surface area contributed by atoms with Crippen molar-refractivity contribution in [3.8, 4) is 0 Å². The van der Waals surface area contributed by atoms with Crippen LogP contribution in [0.15, 0.2) is 0 Å². The number of hydrogen-bond acceptors (Lipinski definition) is 4. The number of rotatable bonds is 0. The first kappa shape index (κ1) is 15.7. The summed E-state index contributed by atoms with van der Waals surface area (Å²) in [7, 11) is -5.61. The summed E-state index contributed by atoms with van der Waals surface area (Å²) in [4.78, 5) is 34.3. The van der Waals surface area contributed by atoms with Crippen LogP contribution in [0.3, 0.4) is 0 Å². The molecule has 0 aliphatic heterocycles. The van der Waals surface area contributed by atoms with Crippen molar-refractivity contribution in [2.45, 2.75) is 0 Å². The Bertz CT molecular complexity index is 27.2. The van der Waals surface area contributed by atoms with E-state index in [4.69, 9.17) is 19.2 Å². The van der Waals surface area contributed by atoms with E-state index in [1.165, 1.54) is 0 Å². The smallest absolute Gasteiger partial charge is 0.894 e. The Hall–Kier alpha value is 1.17. The maximum absolute atomic E-state index is 8.58. The van der Waals surface area contributed by atoms with E-state index in [9.17, 15) is 0 Å². The van der Waals surface area contributed by atoms with Gasteiger partial charge in [-0.05, 0) is 0 Å². The van der Waals surface area contributed by atoms with Crippen LogP contribution in [0.2, 0.25) is 0 Å². The third-order valence-corrected chi connectivity index (χ3v) is 0. The van der Waals surface area contributed by atoms with Crippen molar-refractivity contribution < 1.29 is 55.1 Å². The summed E-state index contributed by atoms with van der Waals surface area (Å²) >= 11 is 0. The van der Waals surface area contributed by atoms with Gasteiger partial charge < -0.3 is 28.2 Å². The summed E-state index contributed by atoms with van der Waals surface area (Å²) in [5.41, 5.74) is 0. The molecule has 0 aromatic heterocycles. The van der Waals surface area contributed by atoms with Gasteiger partial charge in [0.25, 0.3) is 0 Å². The van der Waals surface area contributed by atoms with E-state index in [-0.39, 0.29) is 35.9 Å². The molecule has 4 nitrogen and oxygen atoms in total. The van der Waals surface area contributed by atoms with Gasteiger partial charge >= 0.3 is 35.9 Å². The largest absolute Gasteiger partial charge is 2.00 e. The second-order valence-corrected chi connectivity index (χ2v) is 1.50. The van der Waals surface area contributed by atoms with Crippen molar-refractivity contribution in [2.24, 2.45) is 0 Å². The predicted molar refractivity (Wildman–Crippen MR) is 5.75 cm³/mol. The summed E-state index contributed by atoms with van der Waals surface area (Å²) < 4.78 is 0. The molecule has 0 amide bonds. The minimum Gasteiger partial charge on any atom is -0.894 e. The van der Waals surface area contributed by atoms with E-state index in [2.05, 4.69) is 0 Å². The molecule has 0 aliphatic carbocycles. The molecular weight excluding hydrogens is 155 g/mol. The second-order valence-electron chi connectivity index (χ2n) is 0.500. The van der Waals surface area contributed by atoms with Crippen LogP contribution in [-0.2, 0) is 17.1 Å². The van der Waals surface area contributed by atoms with Gasteiger partial charge in [-0.15, -0.1) is 0 Å². The Morgan fingerprint density at radius 1 is 0.857 bits per heavy atom. The molecule has 0 unspecified atom stereocenters. The molecule has 7 heavy (non-hydrogen) atoms. The summed E-state index contributed by atoms with van der Waals surface area (Å²) in [5, 5.41) is 0. The normalized spacial score (nSPS) is 8.57. The van der Waals surface area contributed by atoms with Gasteiger partial charge in [0, 0.05) is 0 Å². The first-order valence-corrected chi connectivity index (χ1v) is 2.45. The fourth-order valence-electron chi connectivity index (χ4n) is 0. The molecule has 0 aromatic rings. The van der Waals surface area contributed by atoms with E-state index < -0.39 is 9.05 Å². The standard InChI is InChI=1S/Fe.Li.O4Si/c;;1-5(2,3)4/q+2;+1;-4. The van der Waals surface area contributed by atoms with E-state index in [0.717, 1.165) is 0 Å². The van der Waals surface area contributed by atoms with Crippen LogP contribution in [0.1, 0.15) is 0 Å². The molecule has 0 bridgehead atoms. The van der Waals surface area contributed by atoms with Crippen LogP contribution in [-0.4, -0.2) is 9.05 Å². The van der Waals surface area contributed by atoms with Crippen molar-refractivity contribution in [3.63, 3.8) is 0 Å². The third kappa shape index (κ3) is 139. The van der Waals surface area contributed by atoms with Crippen LogP contribution < -0.4 is 38.0 Å². The van der Waals surface area contributed by atoms with Gasteiger partial charge in [-0.1, -0.05) is 0 Å². The Morgan fingerprint density at radius 2 is 0.857 bits per heavy atom. The predicted octanol–water partition coefficient (Wildman–Crippen LogP) is -8.14. The zero-order valence-electron chi connectivity index (χ0n) is 3.49. The fourth-order valence-corrected chi connectivity index (χ4v) is 0. The molecule has 0 aliphatic rings. The zero-order chi connectivity index (χ0) is 4.50. The Kier molecular flexibility index (Phi) is 11.9. The molecule has 0 saturated carbocycles. The van der Waals surface area contributed by atoms with E-state index in [0.29, 0.717) is 0 Å². The topological polar surface area (TPSA) is 92.2 Å². The second kappa shape index (κ2) is 5.31. The minimum atomic E-state index is -5.61. The monoisotopic (exact) mass is 155 g/mol. The van der Waals surface area contributed by atoms with Crippen molar-refractivity contribution in [3.05, 3.63) is 0 Å². The van der Waals surface area contributed by atoms with Crippen molar-refractivity contribution >= 4 is 9.05 Å². The minimum absolute atomic E-state index is 0. The third-order valence-electron chi connectivity index (χ3n) is 0.